The van der Waals surface area contributed by atoms with Crippen LogP contribution in [-0.4, -0.2) is 23.9 Å². The molecule has 1 aliphatic rings. The summed E-state index contributed by atoms with van der Waals surface area (Å²) in [5.74, 6) is 0.134. The molecule has 0 radical (unpaired) electrons. The van der Waals surface area contributed by atoms with E-state index >= 15 is 0 Å². The zero-order valence-electron chi connectivity index (χ0n) is 13.2. The van der Waals surface area contributed by atoms with Crippen LogP contribution in [0.3, 0.4) is 0 Å². The summed E-state index contributed by atoms with van der Waals surface area (Å²) in [6.07, 6.45) is 1.13. The van der Waals surface area contributed by atoms with Gasteiger partial charge in [-0.15, -0.1) is 12.4 Å². The third kappa shape index (κ3) is 3.78. The van der Waals surface area contributed by atoms with Crippen LogP contribution in [0.2, 0.25) is 0 Å². The number of aryl methyl sites for hydroxylation is 1. The van der Waals surface area contributed by atoms with Gasteiger partial charge in [-0.3, -0.25) is 9.59 Å². The van der Waals surface area contributed by atoms with Gasteiger partial charge in [0.1, 0.15) is 0 Å². The monoisotopic (exact) mass is 325 g/mol. The van der Waals surface area contributed by atoms with Crippen LogP contribution >= 0.6 is 12.4 Å². The van der Waals surface area contributed by atoms with Crippen LogP contribution in [0.15, 0.2) is 18.2 Å². The molecule has 1 aromatic carbocycles. The van der Waals surface area contributed by atoms with Crippen molar-refractivity contribution in [2.75, 3.05) is 11.9 Å². The number of fused-ring (bicyclic) bond motifs is 1. The second kappa shape index (κ2) is 7.11. The van der Waals surface area contributed by atoms with Crippen LogP contribution in [0.1, 0.15) is 43.1 Å². The van der Waals surface area contributed by atoms with Gasteiger partial charge in [-0.05, 0) is 43.0 Å². The van der Waals surface area contributed by atoms with Gasteiger partial charge in [-0.2, -0.15) is 0 Å². The molecule has 1 atom stereocenters. The molecular formula is C16H24ClN3O2. The van der Waals surface area contributed by atoms with Gasteiger partial charge in [0, 0.05) is 24.2 Å². The Morgan fingerprint density at radius 2 is 2.09 bits per heavy atom. The third-order valence-electron chi connectivity index (χ3n) is 4.36. The molecule has 1 aliphatic heterocycles. The van der Waals surface area contributed by atoms with E-state index in [4.69, 9.17) is 5.73 Å². The number of benzene rings is 1. The number of nitrogens with two attached hydrogens (primary N) is 1. The standard InChI is InChI=1S/C16H23N3O2.ClH/c1-10(2)16(3,9-17)19-15(21)12-4-6-13-11(8-12)5-7-14(20)18-13;/h4,6,8,10H,5,7,9,17H2,1-3H3,(H,18,20)(H,19,21);1H. The molecular weight excluding hydrogens is 302 g/mol. The fraction of sp³-hybridized carbons (Fsp3) is 0.500. The fourth-order valence-corrected chi connectivity index (χ4v) is 2.29. The van der Waals surface area contributed by atoms with Crippen LogP contribution in [0.4, 0.5) is 5.69 Å². The molecule has 4 N–H and O–H groups in total. The Bertz CT molecular complexity index is 575. The number of rotatable bonds is 4. The first kappa shape index (κ1) is 18.5. The number of carbonyl (C=O) groups is 2. The molecule has 0 aromatic heterocycles. The van der Waals surface area contributed by atoms with Gasteiger partial charge in [0.15, 0.2) is 0 Å². The van der Waals surface area contributed by atoms with Crippen molar-refractivity contribution in [3.63, 3.8) is 0 Å². The first-order valence-electron chi connectivity index (χ1n) is 7.31. The van der Waals surface area contributed by atoms with Gasteiger partial charge in [-0.1, -0.05) is 13.8 Å². The number of hydrogen-bond donors (Lipinski definition) is 3. The summed E-state index contributed by atoms with van der Waals surface area (Å²) in [5, 5.41) is 5.84. The molecule has 0 fully saturated rings. The van der Waals surface area contributed by atoms with Gasteiger partial charge in [0.2, 0.25) is 5.91 Å². The average Bonchev–Trinajstić information content (AvgIpc) is 2.46. The molecule has 0 saturated heterocycles. The molecule has 22 heavy (non-hydrogen) atoms. The number of amides is 2. The Morgan fingerprint density at radius 3 is 2.68 bits per heavy atom. The lowest BCUT2D eigenvalue weighted by Gasteiger charge is -2.33. The van der Waals surface area contributed by atoms with Crippen LogP contribution in [0, 0.1) is 5.92 Å². The van der Waals surface area contributed by atoms with Crippen molar-refractivity contribution in [3.05, 3.63) is 29.3 Å². The summed E-state index contributed by atoms with van der Waals surface area (Å²) in [4.78, 5) is 23.8. The van der Waals surface area contributed by atoms with Crippen molar-refractivity contribution < 1.29 is 9.59 Å². The van der Waals surface area contributed by atoms with Crippen molar-refractivity contribution in [3.8, 4) is 0 Å². The maximum atomic E-state index is 12.4. The van der Waals surface area contributed by atoms with Crippen molar-refractivity contribution in [2.24, 2.45) is 11.7 Å². The Labute approximate surface area is 137 Å². The molecule has 6 heteroatoms. The van der Waals surface area contributed by atoms with Gasteiger partial charge in [0.25, 0.3) is 5.91 Å². The first-order valence-corrected chi connectivity index (χ1v) is 7.31. The molecule has 2 amide bonds. The Balaban J connectivity index is 0.00000242. The molecule has 1 aromatic rings. The van der Waals surface area contributed by atoms with E-state index in [1.54, 1.807) is 12.1 Å². The average molecular weight is 326 g/mol. The largest absolute Gasteiger partial charge is 0.345 e. The van der Waals surface area contributed by atoms with Gasteiger partial charge < -0.3 is 16.4 Å². The second-order valence-electron chi connectivity index (χ2n) is 6.15. The minimum absolute atomic E-state index is 0. The number of nitrogens with one attached hydrogen (secondary N) is 2. The second-order valence-corrected chi connectivity index (χ2v) is 6.15. The van der Waals surface area contributed by atoms with Gasteiger partial charge in [0.05, 0.1) is 5.54 Å². The molecule has 0 saturated carbocycles. The zero-order valence-corrected chi connectivity index (χ0v) is 14.0. The Morgan fingerprint density at radius 1 is 1.41 bits per heavy atom. The summed E-state index contributed by atoms with van der Waals surface area (Å²) >= 11 is 0. The third-order valence-corrected chi connectivity index (χ3v) is 4.36. The number of hydrogen-bond acceptors (Lipinski definition) is 3. The summed E-state index contributed by atoms with van der Waals surface area (Å²) in [5.41, 5.74) is 7.77. The van der Waals surface area contributed by atoms with E-state index in [0.29, 0.717) is 24.9 Å². The predicted molar refractivity (Wildman–Crippen MR) is 90.4 cm³/mol. The minimum atomic E-state index is -0.429. The number of carbonyl (C=O) groups excluding carboxylic acids is 2. The molecule has 122 valence electrons. The molecule has 0 spiro atoms. The Kier molecular flexibility index (Phi) is 5.97. The SMILES string of the molecule is CC(C)C(C)(CN)NC(=O)c1ccc2c(c1)CCC(=O)N2.Cl. The van der Waals surface area contributed by atoms with Crippen LogP contribution in [0.25, 0.3) is 0 Å². The zero-order chi connectivity index (χ0) is 15.6. The van der Waals surface area contributed by atoms with Crippen molar-refractivity contribution in [1.29, 1.82) is 0 Å². The molecule has 0 bridgehead atoms. The van der Waals surface area contributed by atoms with Crippen molar-refractivity contribution in [1.82, 2.24) is 5.32 Å². The highest BCUT2D eigenvalue weighted by atomic mass is 35.5. The maximum Gasteiger partial charge on any atom is 0.251 e. The quantitative estimate of drug-likeness (QED) is 0.792. The smallest absolute Gasteiger partial charge is 0.251 e. The summed E-state index contributed by atoms with van der Waals surface area (Å²) in [7, 11) is 0. The first-order chi connectivity index (χ1) is 9.85. The van der Waals surface area contributed by atoms with E-state index in [0.717, 1.165) is 11.3 Å². The van der Waals surface area contributed by atoms with Crippen LogP contribution < -0.4 is 16.4 Å². The Hall–Kier alpha value is -1.59. The highest BCUT2D eigenvalue weighted by molar-refractivity contribution is 5.98. The number of halogens is 1. The lowest BCUT2D eigenvalue weighted by molar-refractivity contribution is -0.116. The summed E-state index contributed by atoms with van der Waals surface area (Å²) in [6.45, 7) is 6.41. The maximum absolute atomic E-state index is 12.4. The molecule has 2 rings (SSSR count). The normalized spacial score (nSPS) is 16.1. The predicted octanol–water partition coefficient (Wildman–Crippen LogP) is 2.10. The van der Waals surface area contributed by atoms with E-state index in [9.17, 15) is 9.59 Å². The van der Waals surface area contributed by atoms with E-state index in [1.807, 2.05) is 26.8 Å². The van der Waals surface area contributed by atoms with E-state index in [1.165, 1.54) is 0 Å². The van der Waals surface area contributed by atoms with Crippen LogP contribution in [-0.2, 0) is 11.2 Å². The van der Waals surface area contributed by atoms with Crippen molar-refractivity contribution >= 4 is 29.9 Å². The molecule has 5 nitrogen and oxygen atoms in total. The van der Waals surface area contributed by atoms with Gasteiger partial charge in [-0.25, -0.2) is 0 Å². The number of anilines is 1. The van der Waals surface area contributed by atoms with E-state index < -0.39 is 5.54 Å². The minimum Gasteiger partial charge on any atom is -0.345 e. The van der Waals surface area contributed by atoms with E-state index in [2.05, 4.69) is 10.6 Å². The highest BCUT2D eigenvalue weighted by Crippen LogP contribution is 2.24. The lowest BCUT2D eigenvalue weighted by Crippen LogP contribution is -2.55. The highest BCUT2D eigenvalue weighted by Gasteiger charge is 2.29. The van der Waals surface area contributed by atoms with Crippen LogP contribution in [0.5, 0.6) is 0 Å². The molecule has 1 heterocycles. The summed E-state index contributed by atoms with van der Waals surface area (Å²) < 4.78 is 0. The van der Waals surface area contributed by atoms with Crippen molar-refractivity contribution in [2.45, 2.75) is 39.2 Å². The van der Waals surface area contributed by atoms with Gasteiger partial charge >= 0.3 is 0 Å². The molecule has 0 aliphatic carbocycles. The van der Waals surface area contributed by atoms with E-state index in [-0.39, 0.29) is 30.1 Å². The molecule has 1 unspecified atom stereocenters. The fourth-order valence-electron chi connectivity index (χ4n) is 2.29. The summed E-state index contributed by atoms with van der Waals surface area (Å²) in [6, 6.07) is 5.37. The lowest BCUT2D eigenvalue weighted by atomic mass is 9.88. The topological polar surface area (TPSA) is 84.2 Å².